The molecular formula is C7H14O2. The Morgan fingerprint density at radius 1 is 1.44 bits per heavy atom. The number of hydrogen-bond donors (Lipinski definition) is 2. The molecule has 54 valence electrons. The Bertz CT molecular complexity index is 92.9. The van der Waals surface area contributed by atoms with Gasteiger partial charge in [-0.15, -0.1) is 0 Å². The minimum Gasteiger partial charge on any atom is -0.396 e. The Balaban J connectivity index is 2.38. The second-order valence-electron chi connectivity index (χ2n) is 3.09. The van der Waals surface area contributed by atoms with Crippen molar-refractivity contribution in [3.8, 4) is 0 Å². The fourth-order valence-corrected chi connectivity index (χ4v) is 1.57. The molecule has 0 amide bonds. The van der Waals surface area contributed by atoms with Crippen molar-refractivity contribution in [2.75, 3.05) is 6.61 Å². The SMILES string of the molecule is C[C@H]1C[C@@H](CO)[C@H](O)C1. The fraction of sp³-hybridized carbons (Fsp3) is 1.00. The molecule has 2 nitrogen and oxygen atoms in total. The normalized spacial score (nSPS) is 43.7. The lowest BCUT2D eigenvalue weighted by molar-refractivity contribution is 0.0906. The van der Waals surface area contributed by atoms with Crippen LogP contribution in [-0.4, -0.2) is 22.9 Å². The molecule has 0 unspecified atom stereocenters. The van der Waals surface area contributed by atoms with Gasteiger partial charge in [0.2, 0.25) is 0 Å². The molecule has 0 heterocycles. The third-order valence-corrected chi connectivity index (χ3v) is 2.13. The van der Waals surface area contributed by atoms with Gasteiger partial charge in [0, 0.05) is 12.5 Å². The van der Waals surface area contributed by atoms with E-state index in [1.807, 2.05) is 0 Å². The first-order valence-corrected chi connectivity index (χ1v) is 3.53. The van der Waals surface area contributed by atoms with Crippen molar-refractivity contribution >= 4 is 0 Å². The third-order valence-electron chi connectivity index (χ3n) is 2.13. The molecule has 1 fully saturated rings. The third kappa shape index (κ3) is 1.43. The van der Waals surface area contributed by atoms with Gasteiger partial charge in [0.1, 0.15) is 0 Å². The van der Waals surface area contributed by atoms with Crippen LogP contribution in [0.15, 0.2) is 0 Å². The van der Waals surface area contributed by atoms with Crippen molar-refractivity contribution in [2.45, 2.75) is 25.9 Å². The Morgan fingerprint density at radius 3 is 2.33 bits per heavy atom. The van der Waals surface area contributed by atoms with Gasteiger partial charge in [0.05, 0.1) is 6.10 Å². The van der Waals surface area contributed by atoms with E-state index in [4.69, 9.17) is 5.11 Å². The summed E-state index contributed by atoms with van der Waals surface area (Å²) in [6.45, 7) is 2.25. The molecule has 0 aromatic rings. The lowest BCUT2D eigenvalue weighted by Crippen LogP contribution is -2.16. The summed E-state index contributed by atoms with van der Waals surface area (Å²) in [5.74, 6) is 0.747. The van der Waals surface area contributed by atoms with E-state index in [1.165, 1.54) is 0 Å². The molecule has 9 heavy (non-hydrogen) atoms. The van der Waals surface area contributed by atoms with E-state index in [9.17, 15) is 5.11 Å². The van der Waals surface area contributed by atoms with Gasteiger partial charge in [0.15, 0.2) is 0 Å². The molecule has 1 saturated carbocycles. The zero-order chi connectivity index (χ0) is 6.85. The van der Waals surface area contributed by atoms with Crippen LogP contribution in [0.3, 0.4) is 0 Å². The molecule has 0 aliphatic heterocycles. The highest BCUT2D eigenvalue weighted by Crippen LogP contribution is 2.29. The monoisotopic (exact) mass is 130 g/mol. The zero-order valence-corrected chi connectivity index (χ0v) is 5.75. The number of aliphatic hydroxyl groups is 2. The van der Waals surface area contributed by atoms with E-state index in [1.54, 1.807) is 0 Å². The van der Waals surface area contributed by atoms with E-state index in [2.05, 4.69) is 6.92 Å². The lowest BCUT2D eigenvalue weighted by atomic mass is 10.1. The Hall–Kier alpha value is -0.0800. The Morgan fingerprint density at radius 2 is 2.11 bits per heavy atom. The highest BCUT2D eigenvalue weighted by molar-refractivity contribution is 4.79. The van der Waals surface area contributed by atoms with Gasteiger partial charge in [-0.1, -0.05) is 6.92 Å². The maximum Gasteiger partial charge on any atom is 0.0592 e. The summed E-state index contributed by atoms with van der Waals surface area (Å²) in [6, 6.07) is 0. The summed E-state index contributed by atoms with van der Waals surface area (Å²) in [7, 11) is 0. The van der Waals surface area contributed by atoms with Gasteiger partial charge in [-0.3, -0.25) is 0 Å². The van der Waals surface area contributed by atoms with Crippen LogP contribution in [0, 0.1) is 11.8 Å². The van der Waals surface area contributed by atoms with E-state index < -0.39 is 0 Å². The van der Waals surface area contributed by atoms with Gasteiger partial charge in [-0.05, 0) is 18.8 Å². The van der Waals surface area contributed by atoms with Gasteiger partial charge in [-0.2, -0.15) is 0 Å². The summed E-state index contributed by atoms with van der Waals surface area (Å²) in [5.41, 5.74) is 0. The molecule has 0 aromatic heterocycles. The Labute approximate surface area is 55.5 Å². The average molecular weight is 130 g/mol. The average Bonchev–Trinajstić information content (AvgIpc) is 2.10. The molecule has 0 radical (unpaired) electrons. The first kappa shape index (κ1) is 7.03. The summed E-state index contributed by atoms with van der Waals surface area (Å²) in [4.78, 5) is 0. The first-order chi connectivity index (χ1) is 4.24. The molecule has 0 saturated heterocycles. The number of rotatable bonds is 1. The maximum atomic E-state index is 9.20. The minimum absolute atomic E-state index is 0.144. The van der Waals surface area contributed by atoms with Crippen LogP contribution in [0.5, 0.6) is 0 Å². The lowest BCUT2D eigenvalue weighted by Gasteiger charge is -2.08. The van der Waals surface area contributed by atoms with Crippen molar-refractivity contribution < 1.29 is 10.2 Å². The van der Waals surface area contributed by atoms with Crippen LogP contribution in [0.4, 0.5) is 0 Å². The smallest absolute Gasteiger partial charge is 0.0592 e. The van der Waals surface area contributed by atoms with Crippen LogP contribution >= 0.6 is 0 Å². The molecule has 1 aliphatic rings. The molecule has 1 aliphatic carbocycles. The van der Waals surface area contributed by atoms with Crippen molar-refractivity contribution in [1.29, 1.82) is 0 Å². The van der Waals surface area contributed by atoms with Crippen LogP contribution in [0.1, 0.15) is 19.8 Å². The van der Waals surface area contributed by atoms with Crippen LogP contribution in [0.25, 0.3) is 0 Å². The van der Waals surface area contributed by atoms with Crippen molar-refractivity contribution in [3.05, 3.63) is 0 Å². The molecule has 3 atom stereocenters. The molecule has 1 rings (SSSR count). The Kier molecular flexibility index (Phi) is 2.09. The standard InChI is InChI=1S/C7H14O2/c1-5-2-6(4-8)7(9)3-5/h5-9H,2-4H2,1H3/t5-,6-,7+/m0/s1. The summed E-state index contributed by atoms with van der Waals surface area (Å²) >= 11 is 0. The van der Waals surface area contributed by atoms with Gasteiger partial charge in [-0.25, -0.2) is 0 Å². The number of hydrogen-bond acceptors (Lipinski definition) is 2. The van der Waals surface area contributed by atoms with Crippen molar-refractivity contribution in [1.82, 2.24) is 0 Å². The van der Waals surface area contributed by atoms with Gasteiger partial charge >= 0.3 is 0 Å². The molecule has 2 N–H and O–H groups in total. The minimum atomic E-state index is -0.245. The highest BCUT2D eigenvalue weighted by atomic mass is 16.3. The fourth-order valence-electron chi connectivity index (χ4n) is 1.57. The summed E-state index contributed by atoms with van der Waals surface area (Å²) in [5, 5.41) is 17.9. The van der Waals surface area contributed by atoms with E-state index in [0.717, 1.165) is 12.8 Å². The van der Waals surface area contributed by atoms with Crippen LogP contribution in [0.2, 0.25) is 0 Å². The van der Waals surface area contributed by atoms with E-state index in [0.29, 0.717) is 5.92 Å². The van der Waals surface area contributed by atoms with Gasteiger partial charge < -0.3 is 10.2 Å². The second kappa shape index (κ2) is 2.67. The van der Waals surface area contributed by atoms with E-state index >= 15 is 0 Å². The zero-order valence-electron chi connectivity index (χ0n) is 5.75. The van der Waals surface area contributed by atoms with Crippen LogP contribution in [-0.2, 0) is 0 Å². The molecule has 0 aromatic carbocycles. The predicted molar refractivity (Wildman–Crippen MR) is 35.0 cm³/mol. The van der Waals surface area contributed by atoms with Crippen LogP contribution < -0.4 is 0 Å². The largest absolute Gasteiger partial charge is 0.396 e. The summed E-state index contributed by atoms with van der Waals surface area (Å²) < 4.78 is 0. The second-order valence-corrected chi connectivity index (χ2v) is 3.09. The quantitative estimate of drug-likeness (QED) is 0.539. The van der Waals surface area contributed by atoms with Crippen molar-refractivity contribution in [3.63, 3.8) is 0 Å². The molecule has 2 heteroatoms. The topological polar surface area (TPSA) is 40.5 Å². The first-order valence-electron chi connectivity index (χ1n) is 3.53. The predicted octanol–water partition coefficient (Wildman–Crippen LogP) is 0.386. The van der Waals surface area contributed by atoms with Crippen molar-refractivity contribution in [2.24, 2.45) is 11.8 Å². The van der Waals surface area contributed by atoms with Gasteiger partial charge in [0.25, 0.3) is 0 Å². The molecule has 0 bridgehead atoms. The number of aliphatic hydroxyl groups excluding tert-OH is 2. The van der Waals surface area contributed by atoms with E-state index in [-0.39, 0.29) is 18.6 Å². The maximum absolute atomic E-state index is 9.20. The molecular weight excluding hydrogens is 116 g/mol. The summed E-state index contributed by atoms with van der Waals surface area (Å²) in [6.07, 6.45) is 1.60. The molecule has 0 spiro atoms. The highest BCUT2D eigenvalue weighted by Gasteiger charge is 2.29.